The van der Waals surface area contributed by atoms with Crippen LogP contribution >= 0.6 is 0 Å². The highest BCUT2D eigenvalue weighted by molar-refractivity contribution is 5.95. The van der Waals surface area contributed by atoms with Gasteiger partial charge in [-0.05, 0) is 43.5 Å². The summed E-state index contributed by atoms with van der Waals surface area (Å²) in [6.45, 7) is 3.20. The molecule has 21 heavy (non-hydrogen) atoms. The van der Waals surface area contributed by atoms with Crippen LogP contribution in [-0.4, -0.2) is 35.7 Å². The van der Waals surface area contributed by atoms with Gasteiger partial charge in [-0.15, -0.1) is 0 Å². The summed E-state index contributed by atoms with van der Waals surface area (Å²) >= 11 is 0. The summed E-state index contributed by atoms with van der Waals surface area (Å²) in [5.41, 5.74) is 0.897. The van der Waals surface area contributed by atoms with Crippen LogP contribution in [0.5, 0.6) is 0 Å². The fourth-order valence-electron chi connectivity index (χ4n) is 2.30. The van der Waals surface area contributed by atoms with Crippen molar-refractivity contribution in [3.8, 4) is 0 Å². The molecule has 1 heterocycles. The second kappa shape index (κ2) is 6.54. The Bertz CT molecular complexity index is 559. The van der Waals surface area contributed by atoms with Gasteiger partial charge in [0.15, 0.2) is 0 Å². The van der Waals surface area contributed by atoms with Crippen molar-refractivity contribution in [3.63, 3.8) is 0 Å². The molecule has 2 rings (SSSR count). The van der Waals surface area contributed by atoms with E-state index >= 15 is 0 Å². The lowest BCUT2D eigenvalue weighted by Gasteiger charge is -2.23. The number of carbonyl (C=O) groups is 2. The lowest BCUT2D eigenvalue weighted by atomic mass is 10.0. The minimum absolute atomic E-state index is 0.183. The minimum Gasteiger partial charge on any atom is -0.478 e. The zero-order chi connectivity index (χ0) is 15.3. The van der Waals surface area contributed by atoms with Crippen molar-refractivity contribution in [1.29, 1.82) is 0 Å². The Balaban J connectivity index is 1.99. The van der Waals surface area contributed by atoms with Gasteiger partial charge in [0.2, 0.25) is 0 Å². The Morgan fingerprint density at radius 2 is 2.29 bits per heavy atom. The lowest BCUT2D eigenvalue weighted by Crippen LogP contribution is -2.40. The number of carbonyl (C=O) groups excluding carboxylic acids is 1. The number of amides is 1. The van der Waals surface area contributed by atoms with E-state index < -0.39 is 5.97 Å². The van der Waals surface area contributed by atoms with E-state index in [1.54, 1.807) is 24.3 Å². The number of nitrogens with one attached hydrogen (secondary N) is 1. The summed E-state index contributed by atoms with van der Waals surface area (Å²) in [5.74, 6) is -1.20. The molecule has 0 aliphatic carbocycles. The quantitative estimate of drug-likeness (QED) is 0.814. The second-order valence-electron chi connectivity index (χ2n) is 5.38. The first-order valence-electron chi connectivity index (χ1n) is 6.92. The fraction of sp³-hybridized carbons (Fsp3) is 0.375. The van der Waals surface area contributed by atoms with Gasteiger partial charge in [-0.1, -0.05) is 12.1 Å². The molecule has 1 unspecified atom stereocenters. The van der Waals surface area contributed by atoms with E-state index in [9.17, 15) is 9.59 Å². The summed E-state index contributed by atoms with van der Waals surface area (Å²) in [4.78, 5) is 22.6. The summed E-state index contributed by atoms with van der Waals surface area (Å²) in [6, 6.07) is 6.83. The van der Waals surface area contributed by atoms with Crippen molar-refractivity contribution in [2.75, 3.05) is 13.2 Å². The van der Waals surface area contributed by atoms with E-state index in [-0.39, 0.29) is 11.5 Å². The Labute approximate surface area is 123 Å². The molecule has 1 saturated heterocycles. The topological polar surface area (TPSA) is 75.6 Å². The Morgan fingerprint density at radius 3 is 2.95 bits per heavy atom. The molecule has 112 valence electrons. The molecule has 1 aliphatic rings. The molecular weight excluding hydrogens is 270 g/mol. The lowest BCUT2D eigenvalue weighted by molar-refractivity contribution is -0.131. The van der Waals surface area contributed by atoms with Crippen LogP contribution in [0.25, 0.3) is 6.08 Å². The molecule has 0 spiro atoms. The van der Waals surface area contributed by atoms with E-state index in [4.69, 9.17) is 9.84 Å². The zero-order valence-corrected chi connectivity index (χ0v) is 12.0. The molecule has 1 aliphatic heterocycles. The van der Waals surface area contributed by atoms with Crippen LogP contribution in [0.3, 0.4) is 0 Å². The third kappa shape index (κ3) is 4.43. The molecule has 5 nitrogen and oxygen atoms in total. The van der Waals surface area contributed by atoms with E-state index in [1.807, 2.05) is 6.92 Å². The maximum atomic E-state index is 12.1. The predicted octanol–water partition coefficient (Wildman–Crippen LogP) is 2.08. The number of rotatable bonds is 5. The average Bonchev–Trinajstić information content (AvgIpc) is 2.90. The molecule has 1 atom stereocenters. The number of ether oxygens (including phenoxy) is 1. The van der Waals surface area contributed by atoms with Crippen LogP contribution in [-0.2, 0) is 9.53 Å². The fourth-order valence-corrected chi connectivity index (χ4v) is 2.30. The normalized spacial score (nSPS) is 21.6. The van der Waals surface area contributed by atoms with Crippen molar-refractivity contribution < 1.29 is 19.4 Å². The summed E-state index contributed by atoms with van der Waals surface area (Å²) < 4.78 is 5.62. The highest BCUT2D eigenvalue weighted by Crippen LogP contribution is 2.24. The van der Waals surface area contributed by atoms with E-state index in [0.29, 0.717) is 17.7 Å². The monoisotopic (exact) mass is 289 g/mol. The van der Waals surface area contributed by atoms with Gasteiger partial charge in [0.25, 0.3) is 5.91 Å². The Morgan fingerprint density at radius 1 is 1.48 bits per heavy atom. The number of aliphatic carboxylic acids is 1. The highest BCUT2D eigenvalue weighted by atomic mass is 16.5. The third-order valence-electron chi connectivity index (χ3n) is 3.49. The molecule has 1 aromatic carbocycles. The minimum atomic E-state index is -1.02. The first-order valence-corrected chi connectivity index (χ1v) is 6.92. The summed E-state index contributed by atoms with van der Waals surface area (Å²) in [6.07, 6.45) is 4.46. The van der Waals surface area contributed by atoms with Crippen LogP contribution in [0.15, 0.2) is 30.3 Å². The molecule has 2 N–H and O–H groups in total. The number of hydrogen-bond donors (Lipinski definition) is 2. The van der Waals surface area contributed by atoms with Crippen LogP contribution in [0.2, 0.25) is 0 Å². The van der Waals surface area contributed by atoms with Gasteiger partial charge < -0.3 is 15.2 Å². The van der Waals surface area contributed by atoms with Gasteiger partial charge in [0.1, 0.15) is 0 Å². The van der Waals surface area contributed by atoms with Crippen LogP contribution in [0.1, 0.15) is 35.7 Å². The standard InChI is InChI=1S/C16H19NO4/c1-16(8-3-9-21-16)11-17-15(20)13-5-2-4-12(10-13)6-7-14(18)19/h2,4-7,10H,3,8-9,11H2,1H3,(H,17,20)(H,18,19)/b7-6+. The number of carboxylic acids is 1. The van der Waals surface area contributed by atoms with Crippen molar-refractivity contribution in [1.82, 2.24) is 5.32 Å². The van der Waals surface area contributed by atoms with E-state index in [2.05, 4.69) is 5.32 Å². The molecule has 0 aromatic heterocycles. The molecule has 0 saturated carbocycles. The molecule has 1 aromatic rings. The SMILES string of the molecule is CC1(CNC(=O)c2cccc(/C=C/C(=O)O)c2)CCCO1. The molecule has 0 bridgehead atoms. The molecule has 1 fully saturated rings. The van der Waals surface area contributed by atoms with Crippen LogP contribution in [0, 0.1) is 0 Å². The second-order valence-corrected chi connectivity index (χ2v) is 5.38. The maximum Gasteiger partial charge on any atom is 0.328 e. The highest BCUT2D eigenvalue weighted by Gasteiger charge is 2.30. The van der Waals surface area contributed by atoms with Crippen molar-refractivity contribution in [3.05, 3.63) is 41.5 Å². The average molecular weight is 289 g/mol. The van der Waals surface area contributed by atoms with Gasteiger partial charge in [0, 0.05) is 24.8 Å². The largest absolute Gasteiger partial charge is 0.478 e. The molecule has 0 radical (unpaired) electrons. The summed E-state index contributed by atoms with van der Waals surface area (Å²) in [5, 5.41) is 11.5. The van der Waals surface area contributed by atoms with Crippen molar-refractivity contribution in [2.24, 2.45) is 0 Å². The number of hydrogen-bond acceptors (Lipinski definition) is 3. The van der Waals surface area contributed by atoms with Gasteiger partial charge in [0.05, 0.1) is 5.60 Å². The van der Waals surface area contributed by atoms with Crippen LogP contribution in [0.4, 0.5) is 0 Å². The van der Waals surface area contributed by atoms with Crippen molar-refractivity contribution >= 4 is 18.0 Å². The number of benzene rings is 1. The van der Waals surface area contributed by atoms with Crippen molar-refractivity contribution in [2.45, 2.75) is 25.4 Å². The number of carboxylic acid groups (broad SMARTS) is 1. The van der Waals surface area contributed by atoms with Gasteiger partial charge in [-0.2, -0.15) is 0 Å². The molecule has 5 heteroatoms. The maximum absolute atomic E-state index is 12.1. The van der Waals surface area contributed by atoms with E-state index in [1.165, 1.54) is 6.08 Å². The summed E-state index contributed by atoms with van der Waals surface area (Å²) in [7, 11) is 0. The molecular formula is C16H19NO4. The predicted molar refractivity (Wildman–Crippen MR) is 79.0 cm³/mol. The first-order chi connectivity index (χ1) is 9.98. The third-order valence-corrected chi connectivity index (χ3v) is 3.49. The van der Waals surface area contributed by atoms with Gasteiger partial charge >= 0.3 is 5.97 Å². The van der Waals surface area contributed by atoms with E-state index in [0.717, 1.165) is 25.5 Å². The Kier molecular flexibility index (Phi) is 4.75. The zero-order valence-electron chi connectivity index (χ0n) is 12.0. The van der Waals surface area contributed by atoms with Gasteiger partial charge in [-0.25, -0.2) is 4.79 Å². The van der Waals surface area contributed by atoms with Gasteiger partial charge in [-0.3, -0.25) is 4.79 Å². The smallest absolute Gasteiger partial charge is 0.328 e. The Hall–Kier alpha value is -2.14. The first kappa shape index (κ1) is 15.3. The van der Waals surface area contributed by atoms with Crippen LogP contribution < -0.4 is 5.32 Å². The molecule has 1 amide bonds.